The molecule has 0 bridgehead atoms. The summed E-state index contributed by atoms with van der Waals surface area (Å²) in [5.74, 6) is -1.91. The molecule has 112 valence electrons. The third-order valence-electron chi connectivity index (χ3n) is 2.89. The highest BCUT2D eigenvalue weighted by Gasteiger charge is 2.17. The number of thiophene rings is 1. The molecular formula is C15H10F2N2OS2. The van der Waals surface area contributed by atoms with Crippen molar-refractivity contribution in [2.24, 2.45) is 0 Å². The van der Waals surface area contributed by atoms with Gasteiger partial charge in [0.15, 0.2) is 0 Å². The number of aromatic nitrogens is 1. The van der Waals surface area contributed by atoms with Crippen LogP contribution in [0.25, 0.3) is 10.6 Å². The largest absolute Gasteiger partial charge is 0.321 e. The first-order valence-electron chi connectivity index (χ1n) is 6.30. The van der Waals surface area contributed by atoms with E-state index in [1.807, 2.05) is 16.8 Å². The van der Waals surface area contributed by atoms with Gasteiger partial charge >= 0.3 is 0 Å². The first-order chi connectivity index (χ1) is 10.5. The van der Waals surface area contributed by atoms with Crippen molar-refractivity contribution in [3.05, 3.63) is 57.2 Å². The van der Waals surface area contributed by atoms with Gasteiger partial charge in [-0.05, 0) is 30.5 Å². The lowest BCUT2D eigenvalue weighted by molar-refractivity contribution is 0.103. The van der Waals surface area contributed by atoms with Crippen LogP contribution >= 0.6 is 22.7 Å². The fourth-order valence-corrected chi connectivity index (χ4v) is 3.60. The van der Waals surface area contributed by atoms with Crippen LogP contribution in [0.4, 0.5) is 14.5 Å². The molecule has 1 N–H and O–H groups in total. The number of amides is 1. The van der Waals surface area contributed by atoms with E-state index >= 15 is 0 Å². The van der Waals surface area contributed by atoms with Crippen LogP contribution in [0.15, 0.2) is 35.0 Å². The summed E-state index contributed by atoms with van der Waals surface area (Å²) in [6, 6.07) is 4.81. The van der Waals surface area contributed by atoms with E-state index < -0.39 is 17.5 Å². The lowest BCUT2D eigenvalue weighted by Gasteiger charge is -2.04. The molecular weight excluding hydrogens is 326 g/mol. The Balaban J connectivity index is 1.86. The Morgan fingerprint density at radius 2 is 1.95 bits per heavy atom. The zero-order valence-electron chi connectivity index (χ0n) is 11.4. The molecule has 2 aromatic heterocycles. The van der Waals surface area contributed by atoms with E-state index in [9.17, 15) is 13.6 Å². The van der Waals surface area contributed by atoms with Crippen molar-refractivity contribution in [2.45, 2.75) is 6.92 Å². The molecule has 0 saturated carbocycles. The van der Waals surface area contributed by atoms with Gasteiger partial charge in [0.2, 0.25) is 0 Å². The van der Waals surface area contributed by atoms with Gasteiger partial charge in [0.1, 0.15) is 21.5 Å². The molecule has 3 rings (SSSR count). The SMILES string of the molecule is Cc1nc(-c2ccsc2)sc1C(=O)Nc1cc(F)cc(F)c1. The van der Waals surface area contributed by atoms with Gasteiger partial charge in [0.05, 0.1) is 5.69 Å². The van der Waals surface area contributed by atoms with Crippen molar-refractivity contribution in [2.75, 3.05) is 5.32 Å². The molecule has 3 aromatic rings. The molecule has 0 aliphatic carbocycles. The number of benzene rings is 1. The highest BCUT2D eigenvalue weighted by molar-refractivity contribution is 7.17. The Hall–Kier alpha value is -2.12. The van der Waals surface area contributed by atoms with Crippen LogP contribution in [0.2, 0.25) is 0 Å². The summed E-state index contributed by atoms with van der Waals surface area (Å²) >= 11 is 2.80. The summed E-state index contributed by atoms with van der Waals surface area (Å²) in [5.41, 5.74) is 1.61. The summed E-state index contributed by atoms with van der Waals surface area (Å²) in [4.78, 5) is 17.0. The molecule has 2 heterocycles. The standard InChI is InChI=1S/C15H10F2N2OS2/c1-8-13(22-15(18-8)9-2-3-21-7-9)14(20)19-12-5-10(16)4-11(17)6-12/h2-7H,1H3,(H,19,20). The highest BCUT2D eigenvalue weighted by atomic mass is 32.1. The number of carbonyl (C=O) groups is 1. The molecule has 1 aromatic carbocycles. The number of hydrogen-bond acceptors (Lipinski definition) is 4. The van der Waals surface area contributed by atoms with Crippen LogP contribution in [0.3, 0.4) is 0 Å². The van der Waals surface area contributed by atoms with E-state index in [0.29, 0.717) is 10.6 Å². The molecule has 3 nitrogen and oxygen atoms in total. The van der Waals surface area contributed by atoms with Crippen molar-refractivity contribution in [1.29, 1.82) is 0 Å². The van der Waals surface area contributed by atoms with E-state index in [0.717, 1.165) is 28.8 Å². The maximum absolute atomic E-state index is 13.2. The molecule has 0 atom stereocenters. The minimum absolute atomic E-state index is 0.0763. The van der Waals surface area contributed by atoms with Crippen molar-refractivity contribution in [3.8, 4) is 10.6 Å². The summed E-state index contributed by atoms with van der Waals surface area (Å²) in [6.45, 7) is 1.73. The molecule has 0 spiro atoms. The zero-order chi connectivity index (χ0) is 15.7. The van der Waals surface area contributed by atoms with Crippen molar-refractivity contribution < 1.29 is 13.6 Å². The number of hydrogen-bond donors (Lipinski definition) is 1. The van der Waals surface area contributed by atoms with E-state index in [4.69, 9.17) is 0 Å². The second-order valence-electron chi connectivity index (χ2n) is 4.56. The minimum atomic E-state index is -0.740. The molecule has 0 aliphatic rings. The monoisotopic (exact) mass is 336 g/mol. The molecule has 0 aliphatic heterocycles. The number of aryl methyl sites for hydroxylation is 1. The fraction of sp³-hybridized carbons (Fsp3) is 0.0667. The number of rotatable bonds is 3. The summed E-state index contributed by atoms with van der Waals surface area (Å²) in [7, 11) is 0. The van der Waals surface area contributed by atoms with Gasteiger partial charge in [-0.15, -0.1) is 11.3 Å². The second-order valence-corrected chi connectivity index (χ2v) is 6.34. The number of carbonyl (C=O) groups excluding carboxylic acids is 1. The van der Waals surface area contributed by atoms with Gasteiger partial charge in [-0.2, -0.15) is 11.3 Å². The quantitative estimate of drug-likeness (QED) is 0.752. The van der Waals surface area contributed by atoms with Crippen LogP contribution < -0.4 is 5.32 Å². The van der Waals surface area contributed by atoms with Crippen molar-refractivity contribution in [3.63, 3.8) is 0 Å². The predicted molar refractivity (Wildman–Crippen MR) is 84.5 cm³/mol. The number of nitrogens with zero attached hydrogens (tertiary/aromatic N) is 1. The normalized spacial score (nSPS) is 10.7. The molecule has 0 unspecified atom stereocenters. The molecule has 0 saturated heterocycles. The number of halogens is 2. The third-order valence-corrected chi connectivity index (χ3v) is 4.78. The Labute approximate surface area is 133 Å². The zero-order valence-corrected chi connectivity index (χ0v) is 13.0. The van der Waals surface area contributed by atoms with Gasteiger partial charge < -0.3 is 5.32 Å². The topological polar surface area (TPSA) is 42.0 Å². The lowest BCUT2D eigenvalue weighted by atomic mass is 10.3. The number of nitrogens with one attached hydrogen (secondary N) is 1. The molecule has 0 fully saturated rings. The van der Waals surface area contributed by atoms with Crippen LogP contribution in [-0.2, 0) is 0 Å². The summed E-state index contributed by atoms with van der Waals surface area (Å²) < 4.78 is 26.3. The Morgan fingerprint density at radius 1 is 1.23 bits per heavy atom. The maximum Gasteiger partial charge on any atom is 0.267 e. The lowest BCUT2D eigenvalue weighted by Crippen LogP contribution is -2.11. The first-order valence-corrected chi connectivity index (χ1v) is 8.06. The van der Waals surface area contributed by atoms with Gasteiger partial charge in [-0.25, -0.2) is 13.8 Å². The van der Waals surface area contributed by atoms with Gasteiger partial charge in [0.25, 0.3) is 5.91 Å². The van der Waals surface area contributed by atoms with E-state index in [2.05, 4.69) is 10.3 Å². The Kier molecular flexibility index (Phi) is 4.00. The number of thiazole rings is 1. The minimum Gasteiger partial charge on any atom is -0.321 e. The number of anilines is 1. The van der Waals surface area contributed by atoms with Crippen LogP contribution in [0, 0.1) is 18.6 Å². The first kappa shape index (κ1) is 14.8. The van der Waals surface area contributed by atoms with E-state index in [1.165, 1.54) is 11.3 Å². The van der Waals surface area contributed by atoms with Crippen molar-refractivity contribution in [1.82, 2.24) is 4.98 Å². The van der Waals surface area contributed by atoms with E-state index in [1.54, 1.807) is 18.3 Å². The average Bonchev–Trinajstić information content (AvgIpc) is 3.05. The van der Waals surface area contributed by atoms with Crippen LogP contribution in [0.1, 0.15) is 15.4 Å². The molecule has 0 radical (unpaired) electrons. The third kappa shape index (κ3) is 3.05. The van der Waals surface area contributed by atoms with Gasteiger partial charge in [-0.3, -0.25) is 4.79 Å². The van der Waals surface area contributed by atoms with Crippen LogP contribution in [-0.4, -0.2) is 10.9 Å². The second kappa shape index (κ2) is 5.94. The van der Waals surface area contributed by atoms with Crippen molar-refractivity contribution >= 4 is 34.3 Å². The summed E-state index contributed by atoms with van der Waals surface area (Å²) in [5, 5.41) is 7.12. The fourth-order valence-electron chi connectivity index (χ4n) is 1.93. The van der Waals surface area contributed by atoms with Gasteiger partial charge in [-0.1, -0.05) is 0 Å². The summed E-state index contributed by atoms with van der Waals surface area (Å²) in [6.07, 6.45) is 0. The van der Waals surface area contributed by atoms with Gasteiger partial charge in [0, 0.05) is 22.7 Å². The molecule has 22 heavy (non-hydrogen) atoms. The van der Waals surface area contributed by atoms with Crippen LogP contribution in [0.5, 0.6) is 0 Å². The van der Waals surface area contributed by atoms with E-state index in [-0.39, 0.29) is 5.69 Å². The smallest absolute Gasteiger partial charge is 0.267 e. The molecule has 1 amide bonds. The maximum atomic E-state index is 13.2. The highest BCUT2D eigenvalue weighted by Crippen LogP contribution is 2.30. The predicted octanol–water partition coefficient (Wildman–Crippen LogP) is 4.71. The molecule has 7 heteroatoms. The Morgan fingerprint density at radius 3 is 2.59 bits per heavy atom. The average molecular weight is 336 g/mol. The Bertz CT molecular complexity index is 808.